The fraction of sp³-hybridized carbons (Fsp3) is 0.375. The fourth-order valence-corrected chi connectivity index (χ4v) is 2.87. The lowest BCUT2D eigenvalue weighted by Crippen LogP contribution is -2.43. The van der Waals surface area contributed by atoms with Crippen LogP contribution in [0.25, 0.3) is 0 Å². The highest BCUT2D eigenvalue weighted by Gasteiger charge is 2.27. The monoisotopic (exact) mass is 335 g/mol. The molecule has 1 aliphatic rings. The number of carbonyl (C=O) groups excluding carboxylic acids is 1. The number of benzene rings is 1. The number of rotatable bonds is 4. The van der Waals surface area contributed by atoms with Crippen molar-refractivity contribution in [3.8, 4) is 5.75 Å². The largest absolute Gasteiger partial charge is 0.484 e. The highest BCUT2D eigenvalue weighted by atomic mass is 35.5. The maximum atomic E-state index is 12.5. The Hall–Kier alpha value is -2.05. The molecule has 1 aromatic carbocycles. The number of ether oxygens (including phenoxy) is 1. The minimum atomic E-state index is -0.229. The molecule has 0 bridgehead atoms. The third kappa shape index (κ3) is 3.65. The van der Waals surface area contributed by atoms with E-state index in [0.717, 1.165) is 5.69 Å². The van der Waals surface area contributed by atoms with E-state index in [2.05, 4.69) is 5.10 Å². The SMILES string of the molecule is O=C(COc1cccc(Cl)c1)N1Cc2ccnn2CCC1CO. The van der Waals surface area contributed by atoms with E-state index in [0.29, 0.717) is 30.3 Å². The van der Waals surface area contributed by atoms with Gasteiger partial charge in [-0.15, -0.1) is 0 Å². The molecule has 7 heteroatoms. The first-order chi connectivity index (χ1) is 11.2. The number of aromatic nitrogens is 2. The second kappa shape index (κ2) is 7.02. The Morgan fingerprint density at radius 1 is 1.43 bits per heavy atom. The summed E-state index contributed by atoms with van der Waals surface area (Å²) in [6, 6.07) is 8.58. The van der Waals surface area contributed by atoms with Crippen LogP contribution < -0.4 is 4.74 Å². The minimum absolute atomic E-state index is 0.0757. The topological polar surface area (TPSA) is 67.6 Å². The van der Waals surface area contributed by atoms with E-state index in [1.165, 1.54) is 0 Å². The van der Waals surface area contributed by atoms with Crippen molar-refractivity contribution in [2.75, 3.05) is 13.2 Å². The number of hydrogen-bond acceptors (Lipinski definition) is 4. The van der Waals surface area contributed by atoms with Gasteiger partial charge in [-0.3, -0.25) is 9.48 Å². The van der Waals surface area contributed by atoms with Crippen molar-refractivity contribution in [3.63, 3.8) is 0 Å². The molecule has 0 spiro atoms. The van der Waals surface area contributed by atoms with E-state index in [-0.39, 0.29) is 25.2 Å². The normalized spacial score (nSPS) is 17.5. The number of nitrogens with zero attached hydrogens (tertiary/aromatic N) is 3. The van der Waals surface area contributed by atoms with E-state index in [1.54, 1.807) is 35.4 Å². The molecule has 122 valence electrons. The van der Waals surface area contributed by atoms with Gasteiger partial charge in [-0.2, -0.15) is 5.10 Å². The van der Waals surface area contributed by atoms with Gasteiger partial charge >= 0.3 is 0 Å². The first kappa shape index (κ1) is 15.8. The molecule has 1 aromatic heterocycles. The number of aliphatic hydroxyl groups excluding tert-OH is 1. The van der Waals surface area contributed by atoms with Crippen LogP contribution in [0.1, 0.15) is 12.1 Å². The Labute approximate surface area is 139 Å². The van der Waals surface area contributed by atoms with E-state index in [9.17, 15) is 9.90 Å². The Morgan fingerprint density at radius 2 is 2.30 bits per heavy atom. The molecular weight excluding hydrogens is 318 g/mol. The van der Waals surface area contributed by atoms with Crippen molar-refractivity contribution < 1.29 is 14.6 Å². The molecule has 1 amide bonds. The lowest BCUT2D eigenvalue weighted by atomic mass is 10.2. The fourth-order valence-electron chi connectivity index (χ4n) is 2.69. The zero-order chi connectivity index (χ0) is 16.2. The molecule has 1 unspecified atom stereocenters. The van der Waals surface area contributed by atoms with Crippen molar-refractivity contribution in [1.29, 1.82) is 0 Å². The Morgan fingerprint density at radius 3 is 3.09 bits per heavy atom. The highest BCUT2D eigenvalue weighted by Crippen LogP contribution is 2.19. The average Bonchev–Trinajstić information content (AvgIpc) is 2.92. The molecule has 2 aromatic rings. The van der Waals surface area contributed by atoms with Crippen molar-refractivity contribution in [3.05, 3.63) is 47.2 Å². The van der Waals surface area contributed by atoms with Crippen molar-refractivity contribution in [1.82, 2.24) is 14.7 Å². The van der Waals surface area contributed by atoms with Crippen molar-refractivity contribution in [2.45, 2.75) is 25.6 Å². The molecule has 23 heavy (non-hydrogen) atoms. The van der Waals surface area contributed by atoms with Gasteiger partial charge in [-0.05, 0) is 30.7 Å². The molecule has 2 heterocycles. The number of carbonyl (C=O) groups is 1. The Bertz CT molecular complexity index is 689. The van der Waals surface area contributed by atoms with E-state index in [4.69, 9.17) is 16.3 Å². The lowest BCUT2D eigenvalue weighted by Gasteiger charge is -2.28. The second-order valence-corrected chi connectivity index (χ2v) is 5.87. The Balaban J connectivity index is 1.69. The van der Waals surface area contributed by atoms with E-state index < -0.39 is 0 Å². The summed E-state index contributed by atoms with van der Waals surface area (Å²) in [5.41, 5.74) is 0.956. The maximum Gasteiger partial charge on any atom is 0.261 e. The van der Waals surface area contributed by atoms with Gasteiger partial charge in [0.15, 0.2) is 6.61 Å². The highest BCUT2D eigenvalue weighted by molar-refractivity contribution is 6.30. The van der Waals surface area contributed by atoms with Gasteiger partial charge in [0.05, 0.1) is 24.9 Å². The molecule has 1 N–H and O–H groups in total. The van der Waals surface area contributed by atoms with Gasteiger partial charge < -0.3 is 14.7 Å². The van der Waals surface area contributed by atoms with Crippen LogP contribution in [0.4, 0.5) is 0 Å². The minimum Gasteiger partial charge on any atom is -0.484 e. The third-order valence-electron chi connectivity index (χ3n) is 3.94. The number of aliphatic hydroxyl groups is 1. The predicted molar refractivity (Wildman–Crippen MR) is 85.2 cm³/mol. The standard InChI is InChI=1S/C16H18ClN3O3/c17-12-2-1-3-15(8-12)23-11-16(22)19-9-13-4-6-18-20(13)7-5-14(19)10-21/h1-4,6,8,14,21H,5,7,9-11H2. The van der Waals surface area contributed by atoms with Crippen LogP contribution >= 0.6 is 11.6 Å². The zero-order valence-electron chi connectivity index (χ0n) is 12.6. The summed E-state index contributed by atoms with van der Waals surface area (Å²) >= 11 is 5.90. The summed E-state index contributed by atoms with van der Waals surface area (Å²) in [7, 11) is 0. The van der Waals surface area contributed by atoms with Crippen LogP contribution in [-0.2, 0) is 17.9 Å². The number of halogens is 1. The first-order valence-electron chi connectivity index (χ1n) is 7.47. The van der Waals surface area contributed by atoms with E-state index in [1.807, 2.05) is 10.7 Å². The Kier molecular flexibility index (Phi) is 4.83. The maximum absolute atomic E-state index is 12.5. The van der Waals surface area contributed by atoms with Gasteiger partial charge in [-0.25, -0.2) is 0 Å². The second-order valence-electron chi connectivity index (χ2n) is 5.44. The summed E-state index contributed by atoms with van der Waals surface area (Å²) in [5, 5.41) is 14.4. The van der Waals surface area contributed by atoms with Crippen LogP contribution in [0.3, 0.4) is 0 Å². The number of fused-ring (bicyclic) bond motifs is 1. The van der Waals surface area contributed by atoms with Gasteiger partial charge in [0.1, 0.15) is 5.75 Å². The van der Waals surface area contributed by atoms with Gasteiger partial charge in [0.2, 0.25) is 0 Å². The number of hydrogen-bond donors (Lipinski definition) is 1. The summed E-state index contributed by atoms with van der Waals surface area (Å²) in [4.78, 5) is 14.2. The smallest absolute Gasteiger partial charge is 0.261 e. The molecule has 3 rings (SSSR count). The molecule has 0 aliphatic carbocycles. The zero-order valence-corrected chi connectivity index (χ0v) is 13.3. The quantitative estimate of drug-likeness (QED) is 0.923. The molecular formula is C16H18ClN3O3. The van der Waals surface area contributed by atoms with Crippen LogP contribution in [0.15, 0.2) is 36.5 Å². The third-order valence-corrected chi connectivity index (χ3v) is 4.18. The molecule has 1 atom stereocenters. The summed E-state index contributed by atoms with van der Waals surface area (Å²) in [6.07, 6.45) is 2.38. The van der Waals surface area contributed by atoms with Crippen LogP contribution in [0.2, 0.25) is 5.02 Å². The van der Waals surface area contributed by atoms with Gasteiger partial charge in [0.25, 0.3) is 5.91 Å². The predicted octanol–water partition coefficient (Wildman–Crippen LogP) is 1.71. The molecule has 0 fully saturated rings. The van der Waals surface area contributed by atoms with Crippen molar-refractivity contribution >= 4 is 17.5 Å². The molecule has 0 saturated carbocycles. The number of amides is 1. The molecule has 0 saturated heterocycles. The van der Waals surface area contributed by atoms with Crippen LogP contribution in [-0.4, -0.2) is 44.9 Å². The molecule has 1 aliphatic heterocycles. The van der Waals surface area contributed by atoms with Crippen molar-refractivity contribution in [2.24, 2.45) is 0 Å². The molecule has 0 radical (unpaired) electrons. The summed E-state index contributed by atoms with van der Waals surface area (Å²) in [5.74, 6) is 0.380. The first-order valence-corrected chi connectivity index (χ1v) is 7.84. The summed E-state index contributed by atoms with van der Waals surface area (Å²) < 4.78 is 7.39. The van der Waals surface area contributed by atoms with Crippen LogP contribution in [0, 0.1) is 0 Å². The lowest BCUT2D eigenvalue weighted by molar-refractivity contribution is -0.137. The molecule has 6 nitrogen and oxygen atoms in total. The van der Waals surface area contributed by atoms with Crippen LogP contribution in [0.5, 0.6) is 5.75 Å². The van der Waals surface area contributed by atoms with Gasteiger partial charge in [-0.1, -0.05) is 17.7 Å². The van der Waals surface area contributed by atoms with E-state index >= 15 is 0 Å². The summed E-state index contributed by atoms with van der Waals surface area (Å²) in [6.45, 7) is 0.939. The van der Waals surface area contributed by atoms with Gasteiger partial charge in [0, 0.05) is 17.8 Å². The average molecular weight is 336 g/mol. The number of aryl methyl sites for hydroxylation is 1.